The van der Waals surface area contributed by atoms with Crippen LogP contribution >= 0.6 is 23.2 Å². The van der Waals surface area contributed by atoms with E-state index >= 15 is 0 Å². The van der Waals surface area contributed by atoms with Gasteiger partial charge in [-0.15, -0.1) is 0 Å². The first-order valence-electron chi connectivity index (χ1n) is 6.19. The minimum atomic E-state index is 0.411. The van der Waals surface area contributed by atoms with E-state index in [4.69, 9.17) is 28.5 Å². The summed E-state index contributed by atoms with van der Waals surface area (Å²) in [6.45, 7) is 0. The maximum Gasteiger partial charge on any atom is 0.101 e. The zero-order chi connectivity index (χ0) is 14.8. The predicted molar refractivity (Wildman–Crippen MR) is 86.2 cm³/mol. The van der Waals surface area contributed by atoms with Crippen LogP contribution in [0.1, 0.15) is 5.56 Å². The molecule has 0 saturated heterocycles. The van der Waals surface area contributed by atoms with Gasteiger partial charge in [0.2, 0.25) is 0 Å². The molecule has 0 unspecified atom stereocenters. The largest absolute Gasteiger partial charge is 0.354 e. The Labute approximate surface area is 131 Å². The normalized spacial score (nSPS) is 10.3. The second-order valence-corrected chi connectivity index (χ2v) is 5.24. The number of aromatic nitrogens is 1. The molecule has 2 aromatic carbocycles. The third-order valence-electron chi connectivity index (χ3n) is 3.09. The highest BCUT2D eigenvalue weighted by molar-refractivity contribution is 6.35. The molecule has 5 heteroatoms. The quantitative estimate of drug-likeness (QED) is 0.711. The van der Waals surface area contributed by atoms with Crippen molar-refractivity contribution >= 4 is 45.5 Å². The van der Waals surface area contributed by atoms with Gasteiger partial charge >= 0.3 is 0 Å². The van der Waals surface area contributed by atoms with Crippen molar-refractivity contribution in [3.8, 4) is 6.07 Å². The molecular weight excluding hydrogens is 305 g/mol. The molecule has 21 heavy (non-hydrogen) atoms. The van der Waals surface area contributed by atoms with Gasteiger partial charge in [0.05, 0.1) is 26.8 Å². The van der Waals surface area contributed by atoms with Crippen molar-refractivity contribution in [1.29, 1.82) is 5.26 Å². The highest BCUT2D eigenvalue weighted by Crippen LogP contribution is 2.31. The highest BCUT2D eigenvalue weighted by Gasteiger charge is 2.07. The SMILES string of the molecule is N#Cc1ccc(Nc2ccc(Cl)c3cccnc23)cc1Cl. The van der Waals surface area contributed by atoms with Gasteiger partial charge in [0.25, 0.3) is 0 Å². The van der Waals surface area contributed by atoms with Crippen molar-refractivity contribution in [3.05, 3.63) is 64.3 Å². The zero-order valence-electron chi connectivity index (χ0n) is 10.8. The monoisotopic (exact) mass is 313 g/mol. The smallest absolute Gasteiger partial charge is 0.101 e. The molecule has 0 spiro atoms. The molecule has 0 fully saturated rings. The number of anilines is 2. The van der Waals surface area contributed by atoms with Crippen LogP contribution < -0.4 is 5.32 Å². The van der Waals surface area contributed by atoms with E-state index in [9.17, 15) is 0 Å². The minimum Gasteiger partial charge on any atom is -0.354 e. The van der Waals surface area contributed by atoms with Crippen LogP contribution in [0, 0.1) is 11.3 Å². The summed E-state index contributed by atoms with van der Waals surface area (Å²) in [5.74, 6) is 0. The number of pyridine rings is 1. The molecule has 0 atom stereocenters. The number of benzene rings is 2. The van der Waals surface area contributed by atoms with E-state index in [1.807, 2.05) is 30.3 Å². The van der Waals surface area contributed by atoms with Crippen LogP contribution in [0.2, 0.25) is 10.0 Å². The van der Waals surface area contributed by atoms with Gasteiger partial charge in [-0.05, 0) is 42.5 Å². The summed E-state index contributed by atoms with van der Waals surface area (Å²) in [5.41, 5.74) is 2.84. The molecule has 0 radical (unpaired) electrons. The molecular formula is C16H9Cl2N3. The number of hydrogen-bond donors (Lipinski definition) is 1. The Bertz CT molecular complexity index is 869. The standard InChI is InChI=1S/C16H9Cl2N3/c17-13-5-6-15(16-12(13)2-1-7-20-16)21-11-4-3-10(9-19)14(18)8-11/h1-8,21H. The molecule has 0 amide bonds. The molecule has 1 aromatic heterocycles. The van der Waals surface area contributed by atoms with Gasteiger partial charge < -0.3 is 5.32 Å². The van der Waals surface area contributed by atoms with Crippen LogP contribution in [-0.2, 0) is 0 Å². The summed E-state index contributed by atoms with van der Waals surface area (Å²) >= 11 is 12.2. The second-order valence-electron chi connectivity index (χ2n) is 4.43. The lowest BCUT2D eigenvalue weighted by molar-refractivity contribution is 1.40. The molecule has 102 valence electrons. The lowest BCUT2D eigenvalue weighted by atomic mass is 10.1. The Morgan fingerprint density at radius 3 is 2.67 bits per heavy atom. The number of nitriles is 1. The van der Waals surface area contributed by atoms with Gasteiger partial charge in [-0.2, -0.15) is 5.26 Å². The van der Waals surface area contributed by atoms with Gasteiger partial charge in [0.1, 0.15) is 6.07 Å². The average molecular weight is 314 g/mol. The number of nitrogens with zero attached hydrogens (tertiary/aromatic N) is 2. The maximum absolute atomic E-state index is 8.89. The average Bonchev–Trinajstić information content (AvgIpc) is 2.51. The van der Waals surface area contributed by atoms with E-state index in [0.29, 0.717) is 15.6 Å². The van der Waals surface area contributed by atoms with Gasteiger partial charge in [-0.3, -0.25) is 4.98 Å². The van der Waals surface area contributed by atoms with Gasteiger partial charge in [-0.25, -0.2) is 0 Å². The van der Waals surface area contributed by atoms with E-state index in [1.54, 1.807) is 24.4 Å². The molecule has 0 bridgehead atoms. The number of hydrogen-bond acceptors (Lipinski definition) is 3. The molecule has 3 rings (SSSR count). The fourth-order valence-electron chi connectivity index (χ4n) is 2.08. The van der Waals surface area contributed by atoms with E-state index in [1.165, 1.54) is 0 Å². The molecule has 3 nitrogen and oxygen atoms in total. The Morgan fingerprint density at radius 2 is 1.90 bits per heavy atom. The fourth-order valence-corrected chi connectivity index (χ4v) is 2.52. The first kappa shape index (κ1) is 13.7. The van der Waals surface area contributed by atoms with E-state index in [2.05, 4.69) is 10.3 Å². The van der Waals surface area contributed by atoms with Crippen LogP contribution in [0.4, 0.5) is 11.4 Å². The van der Waals surface area contributed by atoms with Crippen LogP contribution in [0.5, 0.6) is 0 Å². The minimum absolute atomic E-state index is 0.411. The Kier molecular flexibility index (Phi) is 3.66. The van der Waals surface area contributed by atoms with E-state index in [-0.39, 0.29) is 0 Å². The summed E-state index contributed by atoms with van der Waals surface area (Å²) in [6, 6.07) is 14.7. The number of rotatable bonds is 2. The topological polar surface area (TPSA) is 48.7 Å². The third kappa shape index (κ3) is 2.64. The third-order valence-corrected chi connectivity index (χ3v) is 3.73. The van der Waals surface area contributed by atoms with Gasteiger partial charge in [0, 0.05) is 17.3 Å². The summed E-state index contributed by atoms with van der Waals surface area (Å²) in [7, 11) is 0. The Morgan fingerprint density at radius 1 is 1.05 bits per heavy atom. The molecule has 0 aliphatic rings. The molecule has 3 aromatic rings. The van der Waals surface area contributed by atoms with E-state index in [0.717, 1.165) is 22.3 Å². The first-order valence-corrected chi connectivity index (χ1v) is 6.94. The van der Waals surface area contributed by atoms with Crippen LogP contribution in [0.25, 0.3) is 10.9 Å². The number of nitrogens with one attached hydrogen (secondary N) is 1. The van der Waals surface area contributed by atoms with Crippen LogP contribution in [0.3, 0.4) is 0 Å². The lowest BCUT2D eigenvalue weighted by Crippen LogP contribution is -1.94. The maximum atomic E-state index is 8.89. The Balaban J connectivity index is 2.05. The molecule has 0 saturated carbocycles. The fraction of sp³-hybridized carbons (Fsp3) is 0. The van der Waals surface area contributed by atoms with Crippen molar-refractivity contribution in [2.45, 2.75) is 0 Å². The van der Waals surface area contributed by atoms with Crippen LogP contribution in [-0.4, -0.2) is 4.98 Å². The van der Waals surface area contributed by atoms with Crippen molar-refractivity contribution in [2.24, 2.45) is 0 Å². The van der Waals surface area contributed by atoms with Gasteiger partial charge in [-0.1, -0.05) is 23.2 Å². The lowest BCUT2D eigenvalue weighted by Gasteiger charge is -2.10. The van der Waals surface area contributed by atoms with Gasteiger partial charge in [0.15, 0.2) is 0 Å². The Hall–Kier alpha value is -2.28. The van der Waals surface area contributed by atoms with Crippen LogP contribution in [0.15, 0.2) is 48.7 Å². The predicted octanol–water partition coefficient (Wildman–Crippen LogP) is 5.16. The molecule has 0 aliphatic carbocycles. The van der Waals surface area contributed by atoms with Crippen molar-refractivity contribution < 1.29 is 0 Å². The zero-order valence-corrected chi connectivity index (χ0v) is 12.3. The van der Waals surface area contributed by atoms with Crippen molar-refractivity contribution in [1.82, 2.24) is 4.98 Å². The highest BCUT2D eigenvalue weighted by atomic mass is 35.5. The second kappa shape index (κ2) is 5.61. The molecule has 1 N–H and O–H groups in total. The van der Waals surface area contributed by atoms with E-state index < -0.39 is 0 Å². The first-order chi connectivity index (χ1) is 10.2. The summed E-state index contributed by atoms with van der Waals surface area (Å²) < 4.78 is 0. The number of fused-ring (bicyclic) bond motifs is 1. The molecule has 1 heterocycles. The number of halogens is 2. The van der Waals surface area contributed by atoms with Crippen molar-refractivity contribution in [2.75, 3.05) is 5.32 Å². The summed E-state index contributed by atoms with van der Waals surface area (Å²) in [4.78, 5) is 4.36. The van der Waals surface area contributed by atoms with Crippen molar-refractivity contribution in [3.63, 3.8) is 0 Å². The summed E-state index contributed by atoms with van der Waals surface area (Å²) in [5, 5.41) is 14.1. The molecule has 0 aliphatic heterocycles. The summed E-state index contributed by atoms with van der Waals surface area (Å²) in [6.07, 6.45) is 1.72.